The van der Waals surface area contributed by atoms with Crippen molar-refractivity contribution in [2.45, 2.75) is 37.1 Å². The van der Waals surface area contributed by atoms with Gasteiger partial charge >= 0.3 is 0 Å². The maximum atomic E-state index is 13.4. The first kappa shape index (κ1) is 22.9. The highest BCUT2D eigenvalue weighted by atomic mass is 32.2. The lowest BCUT2D eigenvalue weighted by Crippen LogP contribution is -2.38. The number of sulfonamides is 1. The number of nitrogens with one attached hydrogen (secondary N) is 1. The van der Waals surface area contributed by atoms with Crippen LogP contribution >= 0.6 is 0 Å². The molecule has 1 N–H and O–H groups in total. The van der Waals surface area contributed by atoms with Gasteiger partial charge < -0.3 is 10.1 Å². The molecule has 1 amide bonds. The Hall–Kier alpha value is -3.23. The lowest BCUT2D eigenvalue weighted by molar-refractivity contribution is 0.102. The van der Waals surface area contributed by atoms with E-state index in [0.29, 0.717) is 30.2 Å². The summed E-state index contributed by atoms with van der Waals surface area (Å²) in [6, 6.07) is 16.7. The second-order valence-electron chi connectivity index (χ2n) is 7.85. The van der Waals surface area contributed by atoms with Crippen LogP contribution < -0.4 is 10.1 Å². The molecule has 0 bridgehead atoms. The van der Waals surface area contributed by atoms with E-state index in [-0.39, 0.29) is 16.8 Å². The van der Waals surface area contributed by atoms with Crippen LogP contribution in [0, 0.1) is 0 Å². The highest BCUT2D eigenvalue weighted by molar-refractivity contribution is 7.89. The molecular formula is C25H27N3O4S. The standard InChI is InChI=1S/C25H27N3O4S/c1-2-32-22-12-8-19(9-13-22)25(29)27-21-10-14-23(15-11-21)33(30,31)28-17-4-3-7-24(28)20-6-5-16-26-18-20/h5-6,8-16,18,24H,2-4,7,17H2,1H3,(H,27,29)/t24-/m0/s1. The van der Waals surface area contributed by atoms with E-state index in [1.54, 1.807) is 53.1 Å². The van der Waals surface area contributed by atoms with E-state index in [9.17, 15) is 13.2 Å². The summed E-state index contributed by atoms with van der Waals surface area (Å²) in [6.07, 6.45) is 5.99. The summed E-state index contributed by atoms with van der Waals surface area (Å²) in [5.74, 6) is 0.423. The van der Waals surface area contributed by atoms with Gasteiger partial charge in [0, 0.05) is 30.2 Å². The third-order valence-electron chi connectivity index (χ3n) is 5.67. The number of hydrogen-bond acceptors (Lipinski definition) is 5. The van der Waals surface area contributed by atoms with Gasteiger partial charge in [-0.3, -0.25) is 9.78 Å². The average Bonchev–Trinajstić information content (AvgIpc) is 2.85. The number of nitrogens with zero attached hydrogens (tertiary/aromatic N) is 2. The van der Waals surface area contributed by atoms with E-state index >= 15 is 0 Å². The first-order chi connectivity index (χ1) is 16.0. The number of carbonyl (C=O) groups excluding carboxylic acids is 1. The summed E-state index contributed by atoms with van der Waals surface area (Å²) < 4.78 is 33.8. The highest BCUT2D eigenvalue weighted by Crippen LogP contribution is 2.35. The Labute approximate surface area is 194 Å². The van der Waals surface area contributed by atoms with Gasteiger partial charge in [-0.05, 0) is 79.9 Å². The van der Waals surface area contributed by atoms with Crippen molar-refractivity contribution in [3.05, 3.63) is 84.2 Å². The van der Waals surface area contributed by atoms with Crippen LogP contribution in [0.15, 0.2) is 78.0 Å². The zero-order chi connectivity index (χ0) is 23.3. The van der Waals surface area contributed by atoms with Crippen LogP contribution in [0.2, 0.25) is 0 Å². The van der Waals surface area contributed by atoms with E-state index in [4.69, 9.17) is 4.74 Å². The van der Waals surface area contributed by atoms with Gasteiger partial charge in [0.05, 0.1) is 17.5 Å². The number of amides is 1. The van der Waals surface area contributed by atoms with E-state index in [1.807, 2.05) is 19.1 Å². The molecule has 1 fully saturated rings. The van der Waals surface area contributed by atoms with Crippen molar-refractivity contribution in [2.24, 2.45) is 0 Å². The number of ether oxygens (including phenoxy) is 1. The normalized spacial score (nSPS) is 16.8. The van der Waals surface area contributed by atoms with Crippen molar-refractivity contribution in [3.63, 3.8) is 0 Å². The minimum Gasteiger partial charge on any atom is -0.494 e. The van der Waals surface area contributed by atoms with Crippen LogP contribution in [-0.4, -0.2) is 36.8 Å². The third-order valence-corrected chi connectivity index (χ3v) is 7.59. The minimum atomic E-state index is -3.69. The molecule has 1 aromatic heterocycles. The molecule has 3 aromatic rings. The van der Waals surface area contributed by atoms with Crippen molar-refractivity contribution in [3.8, 4) is 5.75 Å². The molecule has 1 aliphatic rings. The predicted molar refractivity (Wildman–Crippen MR) is 127 cm³/mol. The fraction of sp³-hybridized carbons (Fsp3) is 0.280. The number of rotatable bonds is 7. The van der Waals surface area contributed by atoms with Crippen LogP contribution in [0.1, 0.15) is 48.1 Å². The second-order valence-corrected chi connectivity index (χ2v) is 9.74. The van der Waals surface area contributed by atoms with Gasteiger partial charge in [0.2, 0.25) is 10.0 Å². The van der Waals surface area contributed by atoms with Gasteiger partial charge in [0.15, 0.2) is 0 Å². The smallest absolute Gasteiger partial charge is 0.255 e. The molecule has 1 atom stereocenters. The monoisotopic (exact) mass is 465 g/mol. The summed E-state index contributed by atoms with van der Waals surface area (Å²) in [5, 5.41) is 2.81. The van der Waals surface area contributed by atoms with Crippen LogP contribution in [-0.2, 0) is 10.0 Å². The molecule has 1 saturated heterocycles. The van der Waals surface area contributed by atoms with Gasteiger partial charge in [0.25, 0.3) is 5.91 Å². The van der Waals surface area contributed by atoms with Gasteiger partial charge in [-0.15, -0.1) is 0 Å². The Bertz CT molecular complexity index is 1180. The lowest BCUT2D eigenvalue weighted by atomic mass is 9.99. The van der Waals surface area contributed by atoms with E-state index in [2.05, 4.69) is 10.3 Å². The summed E-state index contributed by atoms with van der Waals surface area (Å²) in [4.78, 5) is 16.9. The number of benzene rings is 2. The average molecular weight is 466 g/mol. The summed E-state index contributed by atoms with van der Waals surface area (Å²) in [5.41, 5.74) is 1.91. The number of aromatic nitrogens is 1. The molecule has 33 heavy (non-hydrogen) atoms. The summed E-state index contributed by atoms with van der Waals surface area (Å²) >= 11 is 0. The molecule has 8 heteroatoms. The van der Waals surface area contributed by atoms with Crippen molar-refractivity contribution in [1.29, 1.82) is 0 Å². The molecule has 2 aromatic carbocycles. The van der Waals surface area contributed by atoms with Crippen LogP contribution in [0.5, 0.6) is 5.75 Å². The maximum absolute atomic E-state index is 13.4. The molecule has 7 nitrogen and oxygen atoms in total. The molecule has 0 saturated carbocycles. The van der Waals surface area contributed by atoms with Crippen molar-refractivity contribution < 1.29 is 17.9 Å². The van der Waals surface area contributed by atoms with E-state index < -0.39 is 10.0 Å². The number of piperidine rings is 1. The number of hydrogen-bond donors (Lipinski definition) is 1. The minimum absolute atomic E-state index is 0.206. The lowest BCUT2D eigenvalue weighted by Gasteiger charge is -2.34. The molecule has 0 radical (unpaired) electrons. The van der Waals surface area contributed by atoms with E-state index in [1.165, 1.54) is 12.1 Å². The highest BCUT2D eigenvalue weighted by Gasteiger charge is 2.34. The molecule has 2 heterocycles. The zero-order valence-electron chi connectivity index (χ0n) is 18.5. The molecule has 1 aliphatic heterocycles. The number of anilines is 1. The Kier molecular flexibility index (Phi) is 7.05. The fourth-order valence-corrected chi connectivity index (χ4v) is 5.70. The van der Waals surface area contributed by atoms with Gasteiger partial charge in [0.1, 0.15) is 5.75 Å². The fourth-order valence-electron chi connectivity index (χ4n) is 4.02. The quantitative estimate of drug-likeness (QED) is 0.549. The van der Waals surface area contributed by atoms with Crippen molar-refractivity contribution >= 4 is 21.6 Å². The molecule has 0 aliphatic carbocycles. The molecule has 4 rings (SSSR count). The summed E-state index contributed by atoms with van der Waals surface area (Å²) in [6.45, 7) is 2.92. The molecular weight excluding hydrogens is 438 g/mol. The van der Waals surface area contributed by atoms with Crippen molar-refractivity contribution in [2.75, 3.05) is 18.5 Å². The second kappa shape index (κ2) is 10.1. The Balaban J connectivity index is 1.49. The van der Waals surface area contributed by atoms with Crippen molar-refractivity contribution in [1.82, 2.24) is 9.29 Å². The number of carbonyl (C=O) groups is 1. The Morgan fingerprint density at radius 3 is 2.52 bits per heavy atom. The van der Waals surface area contributed by atoms with Gasteiger partial charge in [-0.1, -0.05) is 12.5 Å². The molecule has 0 unspecified atom stereocenters. The SMILES string of the molecule is CCOc1ccc(C(=O)Nc2ccc(S(=O)(=O)N3CCCC[C@H]3c3cccnc3)cc2)cc1. The largest absolute Gasteiger partial charge is 0.494 e. The zero-order valence-corrected chi connectivity index (χ0v) is 19.3. The first-order valence-electron chi connectivity index (χ1n) is 11.0. The third kappa shape index (κ3) is 5.23. The topological polar surface area (TPSA) is 88.6 Å². The van der Waals surface area contributed by atoms with Crippen LogP contribution in [0.25, 0.3) is 0 Å². The van der Waals surface area contributed by atoms with Crippen LogP contribution in [0.4, 0.5) is 5.69 Å². The predicted octanol–water partition coefficient (Wildman–Crippen LogP) is 4.65. The van der Waals surface area contributed by atoms with E-state index in [0.717, 1.165) is 24.8 Å². The van der Waals surface area contributed by atoms with Crippen LogP contribution in [0.3, 0.4) is 0 Å². The Morgan fingerprint density at radius 1 is 1.09 bits per heavy atom. The van der Waals surface area contributed by atoms with Gasteiger partial charge in [-0.25, -0.2) is 8.42 Å². The first-order valence-corrected chi connectivity index (χ1v) is 12.5. The maximum Gasteiger partial charge on any atom is 0.255 e. The Morgan fingerprint density at radius 2 is 1.85 bits per heavy atom. The number of pyridine rings is 1. The van der Waals surface area contributed by atoms with Gasteiger partial charge in [-0.2, -0.15) is 4.31 Å². The summed E-state index contributed by atoms with van der Waals surface area (Å²) in [7, 11) is -3.69. The molecule has 0 spiro atoms. The molecule has 172 valence electrons.